The number of fused-ring (bicyclic) bond motifs is 1. The molecule has 3 aromatic rings. The summed E-state index contributed by atoms with van der Waals surface area (Å²) in [7, 11) is 0. The van der Waals surface area contributed by atoms with E-state index >= 15 is 4.39 Å². The van der Waals surface area contributed by atoms with E-state index in [1.165, 1.54) is 42.7 Å². The normalized spacial score (nSPS) is 14.7. The van der Waals surface area contributed by atoms with Crippen LogP contribution in [0.2, 0.25) is 0 Å². The summed E-state index contributed by atoms with van der Waals surface area (Å²) in [4.78, 5) is 28.7. The van der Waals surface area contributed by atoms with Gasteiger partial charge in [-0.1, -0.05) is 18.9 Å². The largest absolute Gasteiger partial charge is 0.397 e. The van der Waals surface area contributed by atoms with Crippen LogP contribution in [0, 0.1) is 17.0 Å². The van der Waals surface area contributed by atoms with Crippen molar-refractivity contribution in [2.75, 3.05) is 10.5 Å². The van der Waals surface area contributed by atoms with E-state index in [1.807, 2.05) is 6.92 Å². The lowest BCUT2D eigenvalue weighted by Gasteiger charge is -2.10. The molecule has 1 aromatic carbocycles. The van der Waals surface area contributed by atoms with Crippen molar-refractivity contribution < 1.29 is 13.6 Å². The molecule has 11 heteroatoms. The highest BCUT2D eigenvalue weighted by Crippen LogP contribution is 2.31. The van der Waals surface area contributed by atoms with Crippen molar-refractivity contribution >= 4 is 51.7 Å². The Labute approximate surface area is 191 Å². The number of halogens is 2. The van der Waals surface area contributed by atoms with Crippen LogP contribution in [0.15, 0.2) is 53.6 Å². The Balaban J connectivity index is 1.79. The highest BCUT2D eigenvalue weighted by atomic mass is 32.2. The van der Waals surface area contributed by atoms with Crippen molar-refractivity contribution in [2.24, 2.45) is 10.7 Å². The third-order valence-electron chi connectivity index (χ3n) is 4.77. The number of nitrogens with zero attached hydrogens (tertiary/aromatic N) is 3. The second-order valence-corrected chi connectivity index (χ2v) is 7.97. The van der Waals surface area contributed by atoms with Gasteiger partial charge in [-0.2, -0.15) is 0 Å². The van der Waals surface area contributed by atoms with Crippen molar-refractivity contribution in [2.45, 2.75) is 13.3 Å². The smallest absolute Gasteiger partial charge is 0.201 e. The van der Waals surface area contributed by atoms with Gasteiger partial charge in [-0.15, -0.1) is 0 Å². The molecule has 1 aliphatic rings. The molecule has 5 N–H and O–H groups in total. The molecule has 1 aliphatic carbocycles. The van der Waals surface area contributed by atoms with Gasteiger partial charge in [0.2, 0.25) is 5.78 Å². The lowest BCUT2D eigenvalue weighted by molar-refractivity contribution is 0.103. The van der Waals surface area contributed by atoms with E-state index in [2.05, 4.69) is 24.7 Å². The number of benzene rings is 1. The van der Waals surface area contributed by atoms with E-state index in [1.54, 1.807) is 6.08 Å². The summed E-state index contributed by atoms with van der Waals surface area (Å²) < 4.78 is 32.5. The maximum atomic E-state index is 15.1. The zero-order valence-electron chi connectivity index (χ0n) is 17.4. The number of allylic oxidation sites excluding steroid dienone is 3. The van der Waals surface area contributed by atoms with Crippen LogP contribution in [-0.2, 0) is 0 Å². The van der Waals surface area contributed by atoms with Crippen LogP contribution in [0.4, 0.5) is 20.3 Å². The molecule has 0 fully saturated rings. The van der Waals surface area contributed by atoms with Crippen LogP contribution in [0.3, 0.4) is 0 Å². The van der Waals surface area contributed by atoms with Crippen molar-refractivity contribution in [3.05, 3.63) is 71.3 Å². The van der Waals surface area contributed by atoms with E-state index in [0.717, 1.165) is 18.2 Å². The highest BCUT2D eigenvalue weighted by molar-refractivity contribution is 8.00. The van der Waals surface area contributed by atoms with Gasteiger partial charge < -0.3 is 15.4 Å². The van der Waals surface area contributed by atoms with E-state index in [-0.39, 0.29) is 39.5 Å². The fourth-order valence-corrected chi connectivity index (χ4v) is 3.78. The number of carbonyl (C=O) groups excluding carboxylic acids is 1. The maximum Gasteiger partial charge on any atom is 0.201 e. The molecule has 0 amide bonds. The molecule has 0 bridgehead atoms. The van der Waals surface area contributed by atoms with Gasteiger partial charge in [-0.3, -0.25) is 10.2 Å². The number of hydrogen-bond donors (Lipinski definition) is 4. The Bertz CT molecular complexity index is 1360. The van der Waals surface area contributed by atoms with Crippen molar-refractivity contribution in [3.8, 4) is 0 Å². The Kier molecular flexibility index (Phi) is 6.31. The van der Waals surface area contributed by atoms with Gasteiger partial charge in [0.05, 0.1) is 39.3 Å². The van der Waals surface area contributed by atoms with Gasteiger partial charge >= 0.3 is 0 Å². The minimum atomic E-state index is -0.980. The maximum absolute atomic E-state index is 15.1. The zero-order valence-corrected chi connectivity index (χ0v) is 18.3. The average Bonchev–Trinajstić information content (AvgIpc) is 3.23. The molecule has 0 spiro atoms. The summed E-state index contributed by atoms with van der Waals surface area (Å²) in [6.45, 7) is 1.97. The third kappa shape index (κ3) is 4.40. The monoisotopic (exact) mass is 467 g/mol. The number of rotatable bonds is 7. The van der Waals surface area contributed by atoms with Crippen molar-refractivity contribution in [3.63, 3.8) is 0 Å². The first-order chi connectivity index (χ1) is 15.9. The Morgan fingerprint density at radius 3 is 2.88 bits per heavy atom. The lowest BCUT2D eigenvalue weighted by Crippen LogP contribution is -2.14. The third-order valence-corrected chi connectivity index (χ3v) is 5.75. The molecule has 4 rings (SSSR count). The molecule has 33 heavy (non-hydrogen) atoms. The minimum absolute atomic E-state index is 0.0187. The summed E-state index contributed by atoms with van der Waals surface area (Å²) in [5.74, 6) is -1.99. The van der Waals surface area contributed by atoms with Crippen LogP contribution < -0.4 is 10.5 Å². The zero-order chi connectivity index (χ0) is 23.5. The van der Waals surface area contributed by atoms with Crippen LogP contribution in [0.25, 0.3) is 11.0 Å². The number of aromatic amines is 1. The molecule has 0 atom stereocenters. The molecular formula is C22H19F2N7OS. The standard InChI is InChI=1S/C22H19F2N7OS/c1-2-7-33-31-16-6-4-13(23)18(19(16)24)20(32)12-9-27-21-17(12)22(29-10-28-21)30-11-3-5-14(25)15(26)8-11/h3-6,8-10,25,31H,2,7,26H2,1H3,(H,27,28,29). The topological polar surface area (TPSA) is 133 Å². The van der Waals surface area contributed by atoms with Crippen LogP contribution in [0.5, 0.6) is 0 Å². The van der Waals surface area contributed by atoms with Gasteiger partial charge in [0.15, 0.2) is 11.6 Å². The molecule has 0 saturated heterocycles. The number of nitrogens with one attached hydrogen (secondary N) is 3. The molecule has 2 aromatic heterocycles. The molecule has 2 heterocycles. The molecular weight excluding hydrogens is 448 g/mol. The highest BCUT2D eigenvalue weighted by Gasteiger charge is 2.26. The molecule has 0 radical (unpaired) electrons. The number of ketones is 1. The second-order valence-electron chi connectivity index (χ2n) is 7.07. The fourth-order valence-electron chi connectivity index (χ4n) is 3.16. The quantitative estimate of drug-likeness (QED) is 0.176. The van der Waals surface area contributed by atoms with Gasteiger partial charge in [0.25, 0.3) is 0 Å². The SMILES string of the molecule is CCCSNc1ccc(F)c(C(=O)c2c[nH]c3ncnc(N=C4C=CC(=N)C(N)=C4)c23)c1F. The summed E-state index contributed by atoms with van der Waals surface area (Å²) in [6.07, 6.45) is 7.99. The average molecular weight is 468 g/mol. The second kappa shape index (κ2) is 9.33. The summed E-state index contributed by atoms with van der Waals surface area (Å²) >= 11 is 1.26. The first kappa shape index (κ1) is 22.3. The van der Waals surface area contributed by atoms with Gasteiger partial charge in [0, 0.05) is 11.9 Å². The lowest BCUT2D eigenvalue weighted by atomic mass is 10.0. The number of carbonyl (C=O) groups is 1. The van der Waals surface area contributed by atoms with E-state index in [9.17, 15) is 9.18 Å². The first-order valence-electron chi connectivity index (χ1n) is 9.96. The predicted molar refractivity (Wildman–Crippen MR) is 126 cm³/mol. The fraction of sp³-hybridized carbons (Fsp3) is 0.136. The molecule has 0 aliphatic heterocycles. The summed E-state index contributed by atoms with van der Waals surface area (Å²) in [5.41, 5.74) is 6.15. The Hall–Kier alpha value is -3.86. The number of aliphatic imine (C=N–C) groups is 1. The van der Waals surface area contributed by atoms with E-state index in [0.29, 0.717) is 5.71 Å². The van der Waals surface area contributed by atoms with Gasteiger partial charge in [0.1, 0.15) is 17.8 Å². The number of aromatic nitrogens is 3. The predicted octanol–water partition coefficient (Wildman–Crippen LogP) is 4.44. The van der Waals surface area contributed by atoms with Crippen LogP contribution >= 0.6 is 11.9 Å². The van der Waals surface area contributed by atoms with Crippen LogP contribution in [-0.4, -0.2) is 37.9 Å². The van der Waals surface area contributed by atoms with Crippen LogP contribution in [0.1, 0.15) is 29.3 Å². The summed E-state index contributed by atoms with van der Waals surface area (Å²) in [6, 6.07) is 2.30. The molecule has 168 valence electrons. The molecule has 8 nitrogen and oxygen atoms in total. The number of nitrogens with two attached hydrogens (primary N) is 1. The minimum Gasteiger partial charge on any atom is -0.397 e. The number of H-pyrrole nitrogens is 1. The van der Waals surface area contributed by atoms with Gasteiger partial charge in [-0.25, -0.2) is 23.7 Å². The number of hydrogen-bond acceptors (Lipinski definition) is 8. The summed E-state index contributed by atoms with van der Waals surface area (Å²) in [5, 5.41) is 7.90. The molecule has 0 unspecified atom stereocenters. The Morgan fingerprint density at radius 1 is 1.30 bits per heavy atom. The van der Waals surface area contributed by atoms with Crippen molar-refractivity contribution in [1.29, 1.82) is 5.41 Å². The first-order valence-corrected chi connectivity index (χ1v) is 10.9. The van der Waals surface area contributed by atoms with E-state index in [4.69, 9.17) is 11.1 Å². The Morgan fingerprint density at radius 2 is 2.12 bits per heavy atom. The number of anilines is 1. The van der Waals surface area contributed by atoms with Gasteiger partial charge in [-0.05, 0) is 36.8 Å². The van der Waals surface area contributed by atoms with Crippen molar-refractivity contribution in [1.82, 2.24) is 15.0 Å². The molecule has 0 saturated carbocycles. The van der Waals surface area contributed by atoms with E-state index < -0.39 is 23.0 Å².